The summed E-state index contributed by atoms with van der Waals surface area (Å²) in [5.74, 6) is 0.889. The molecule has 0 radical (unpaired) electrons. The lowest BCUT2D eigenvalue weighted by atomic mass is 9.97. The fourth-order valence-corrected chi connectivity index (χ4v) is 4.23. The van der Waals surface area contributed by atoms with Gasteiger partial charge in [-0.15, -0.1) is 11.3 Å². The molecule has 0 amide bonds. The molecule has 2 nitrogen and oxygen atoms in total. The molecule has 2 N–H and O–H groups in total. The number of fused-ring (bicyclic) bond motifs is 1. The SMILES string of the molecule is Cc1sc(C2CC(N)c3ccc(Br)cc3O2)cc1Br. The lowest BCUT2D eigenvalue weighted by Gasteiger charge is -2.29. The Kier molecular flexibility index (Phi) is 3.73. The molecule has 100 valence electrons. The molecule has 0 bridgehead atoms. The quantitative estimate of drug-likeness (QED) is 0.719. The van der Waals surface area contributed by atoms with Crippen molar-refractivity contribution in [2.45, 2.75) is 25.5 Å². The summed E-state index contributed by atoms with van der Waals surface area (Å²) in [4.78, 5) is 2.50. The Morgan fingerprint density at radius 1 is 1.32 bits per heavy atom. The minimum atomic E-state index is 0.0306. The third-order valence-electron chi connectivity index (χ3n) is 3.31. The number of hydrogen-bond acceptors (Lipinski definition) is 3. The molecule has 19 heavy (non-hydrogen) atoms. The van der Waals surface area contributed by atoms with Crippen molar-refractivity contribution in [2.75, 3.05) is 0 Å². The van der Waals surface area contributed by atoms with Crippen LogP contribution < -0.4 is 10.5 Å². The summed E-state index contributed by atoms with van der Waals surface area (Å²) in [6.07, 6.45) is 0.868. The maximum Gasteiger partial charge on any atom is 0.135 e. The summed E-state index contributed by atoms with van der Waals surface area (Å²) in [6.45, 7) is 2.10. The van der Waals surface area contributed by atoms with Gasteiger partial charge in [0.2, 0.25) is 0 Å². The lowest BCUT2D eigenvalue weighted by Crippen LogP contribution is -2.23. The Labute approximate surface area is 133 Å². The zero-order chi connectivity index (χ0) is 13.6. The number of hydrogen-bond donors (Lipinski definition) is 1. The molecule has 0 aliphatic carbocycles. The number of thiophene rings is 1. The van der Waals surface area contributed by atoms with Crippen LogP contribution in [-0.4, -0.2) is 0 Å². The van der Waals surface area contributed by atoms with Gasteiger partial charge in [-0.05, 0) is 41.1 Å². The molecule has 2 aromatic rings. The molecule has 5 heteroatoms. The standard InChI is InChI=1S/C14H13Br2NOS/c1-7-10(16)5-14(19-7)13-6-11(17)9-3-2-8(15)4-12(9)18-13/h2-5,11,13H,6,17H2,1H3. The van der Waals surface area contributed by atoms with E-state index in [0.717, 1.165) is 26.7 Å². The van der Waals surface area contributed by atoms with Crippen molar-refractivity contribution in [1.82, 2.24) is 0 Å². The molecule has 2 atom stereocenters. The maximum absolute atomic E-state index is 6.27. The number of aryl methyl sites for hydroxylation is 1. The molecule has 1 aromatic heterocycles. The summed E-state index contributed by atoms with van der Waals surface area (Å²) in [7, 11) is 0. The van der Waals surface area contributed by atoms with Crippen molar-refractivity contribution >= 4 is 43.2 Å². The van der Waals surface area contributed by atoms with E-state index in [9.17, 15) is 0 Å². The summed E-state index contributed by atoms with van der Waals surface area (Å²) in [6, 6.07) is 8.21. The predicted octanol–water partition coefficient (Wildman–Crippen LogP) is 5.11. The van der Waals surface area contributed by atoms with Crippen molar-refractivity contribution in [2.24, 2.45) is 5.73 Å². The van der Waals surface area contributed by atoms with Gasteiger partial charge in [-0.1, -0.05) is 22.0 Å². The highest BCUT2D eigenvalue weighted by Crippen LogP contribution is 2.43. The third kappa shape index (κ3) is 2.61. The number of nitrogens with two attached hydrogens (primary N) is 1. The van der Waals surface area contributed by atoms with Crippen LogP contribution in [-0.2, 0) is 0 Å². The molecule has 2 unspecified atom stereocenters. The average molecular weight is 403 g/mol. The largest absolute Gasteiger partial charge is 0.484 e. The number of ether oxygens (including phenoxy) is 1. The molecule has 0 spiro atoms. The summed E-state index contributed by atoms with van der Waals surface area (Å²) < 4.78 is 8.28. The van der Waals surface area contributed by atoms with Crippen molar-refractivity contribution in [3.63, 3.8) is 0 Å². The molecule has 2 heterocycles. The molecule has 0 saturated carbocycles. The van der Waals surface area contributed by atoms with Crippen molar-refractivity contribution in [3.05, 3.63) is 48.5 Å². The molecule has 0 saturated heterocycles. The fourth-order valence-electron chi connectivity index (χ4n) is 2.29. The molecular formula is C14H13Br2NOS. The van der Waals surface area contributed by atoms with Crippen LogP contribution in [0, 0.1) is 6.92 Å². The first-order valence-corrected chi connectivity index (χ1v) is 8.42. The first kappa shape index (κ1) is 13.6. The van der Waals surface area contributed by atoms with Gasteiger partial charge in [0.05, 0.1) is 0 Å². The maximum atomic E-state index is 6.27. The van der Waals surface area contributed by atoms with Gasteiger partial charge in [0, 0.05) is 36.7 Å². The summed E-state index contributed by atoms with van der Waals surface area (Å²) in [5, 5.41) is 0. The van der Waals surface area contributed by atoms with Gasteiger partial charge < -0.3 is 10.5 Å². The topological polar surface area (TPSA) is 35.2 Å². The van der Waals surface area contributed by atoms with Crippen LogP contribution in [0.1, 0.15) is 33.9 Å². The second-order valence-corrected chi connectivity index (χ2v) is 7.74. The summed E-state index contributed by atoms with van der Waals surface area (Å²) >= 11 is 8.80. The number of halogens is 2. The first-order valence-electron chi connectivity index (χ1n) is 6.02. The van der Waals surface area contributed by atoms with Gasteiger partial charge in [0.1, 0.15) is 11.9 Å². The van der Waals surface area contributed by atoms with Crippen LogP contribution in [0.15, 0.2) is 33.2 Å². The fraction of sp³-hybridized carbons (Fsp3) is 0.286. The molecule has 1 aromatic carbocycles. The van der Waals surface area contributed by atoms with E-state index in [1.165, 1.54) is 9.75 Å². The minimum Gasteiger partial charge on any atom is -0.484 e. The van der Waals surface area contributed by atoms with Crippen LogP contribution >= 0.6 is 43.2 Å². The van der Waals surface area contributed by atoms with Crippen LogP contribution in [0.3, 0.4) is 0 Å². The third-order valence-corrected chi connectivity index (χ3v) is 6.03. The van der Waals surface area contributed by atoms with Gasteiger partial charge in [0.15, 0.2) is 0 Å². The Hall–Kier alpha value is -0.360. The van der Waals surface area contributed by atoms with Gasteiger partial charge >= 0.3 is 0 Å². The lowest BCUT2D eigenvalue weighted by molar-refractivity contribution is 0.165. The van der Waals surface area contributed by atoms with Crippen molar-refractivity contribution in [3.8, 4) is 5.75 Å². The van der Waals surface area contributed by atoms with Gasteiger partial charge in [0.25, 0.3) is 0 Å². The Morgan fingerprint density at radius 3 is 2.79 bits per heavy atom. The Balaban J connectivity index is 1.96. The average Bonchev–Trinajstić information content (AvgIpc) is 2.69. The molecule has 1 aliphatic heterocycles. The van der Waals surface area contributed by atoms with E-state index < -0.39 is 0 Å². The highest BCUT2D eigenvalue weighted by atomic mass is 79.9. The Morgan fingerprint density at radius 2 is 2.11 bits per heavy atom. The second-order valence-electron chi connectivity index (χ2n) is 4.68. The zero-order valence-electron chi connectivity index (χ0n) is 10.3. The number of rotatable bonds is 1. The van der Waals surface area contributed by atoms with Gasteiger partial charge in [-0.3, -0.25) is 0 Å². The normalized spacial score (nSPS) is 21.9. The predicted molar refractivity (Wildman–Crippen MR) is 85.8 cm³/mol. The minimum absolute atomic E-state index is 0.0306. The van der Waals surface area contributed by atoms with E-state index in [-0.39, 0.29) is 12.1 Å². The van der Waals surface area contributed by atoms with E-state index in [0.29, 0.717) is 0 Å². The van der Waals surface area contributed by atoms with Crippen LogP contribution in [0.5, 0.6) is 5.75 Å². The molecule has 3 rings (SSSR count). The second kappa shape index (κ2) is 5.20. The van der Waals surface area contributed by atoms with Gasteiger partial charge in [-0.25, -0.2) is 0 Å². The van der Waals surface area contributed by atoms with Crippen molar-refractivity contribution in [1.29, 1.82) is 0 Å². The van der Waals surface area contributed by atoms with Crippen LogP contribution in [0.4, 0.5) is 0 Å². The smallest absolute Gasteiger partial charge is 0.135 e. The van der Waals surface area contributed by atoms with E-state index in [1.54, 1.807) is 11.3 Å². The highest BCUT2D eigenvalue weighted by molar-refractivity contribution is 9.10. The molecule has 1 aliphatic rings. The van der Waals surface area contributed by atoms with Crippen LogP contribution in [0.25, 0.3) is 0 Å². The molecule has 0 fully saturated rings. The first-order chi connectivity index (χ1) is 9.04. The monoisotopic (exact) mass is 401 g/mol. The molecular weight excluding hydrogens is 390 g/mol. The van der Waals surface area contributed by atoms with Crippen molar-refractivity contribution < 1.29 is 4.74 Å². The Bertz CT molecular complexity index is 606. The number of benzene rings is 1. The highest BCUT2D eigenvalue weighted by Gasteiger charge is 2.28. The van der Waals surface area contributed by atoms with E-state index in [2.05, 4.69) is 44.8 Å². The van der Waals surface area contributed by atoms with E-state index >= 15 is 0 Å². The van der Waals surface area contributed by atoms with E-state index in [1.807, 2.05) is 18.2 Å². The summed E-state index contributed by atoms with van der Waals surface area (Å²) in [5.41, 5.74) is 7.36. The van der Waals surface area contributed by atoms with E-state index in [4.69, 9.17) is 10.5 Å². The zero-order valence-corrected chi connectivity index (χ0v) is 14.3. The van der Waals surface area contributed by atoms with Crippen LogP contribution in [0.2, 0.25) is 0 Å². The van der Waals surface area contributed by atoms with Gasteiger partial charge in [-0.2, -0.15) is 0 Å².